The van der Waals surface area contributed by atoms with Crippen LogP contribution in [0.2, 0.25) is 0 Å². The Labute approximate surface area is 359 Å². The molecule has 7 nitrogen and oxygen atoms in total. The van der Waals surface area contributed by atoms with Crippen molar-refractivity contribution in [1.82, 2.24) is 5.32 Å². The molecule has 0 saturated heterocycles. The summed E-state index contributed by atoms with van der Waals surface area (Å²) in [5.74, 6) is -1.26. The number of carboxylic acids is 1. The summed E-state index contributed by atoms with van der Waals surface area (Å²) in [4.78, 5) is 36.3. The van der Waals surface area contributed by atoms with E-state index in [0.29, 0.717) is 32.2 Å². The number of allylic oxidation sites excluding steroid dienone is 3. The van der Waals surface area contributed by atoms with Gasteiger partial charge in [0.15, 0.2) is 0 Å². The van der Waals surface area contributed by atoms with E-state index in [0.717, 1.165) is 64.2 Å². The first kappa shape index (κ1) is 55.9. The number of ether oxygens (including phenoxy) is 1. The van der Waals surface area contributed by atoms with Gasteiger partial charge in [-0.25, -0.2) is 4.79 Å². The molecule has 7 heteroatoms. The molecule has 1 amide bonds. The quantitative estimate of drug-likeness (QED) is 0.0320. The van der Waals surface area contributed by atoms with Crippen LogP contribution in [0.3, 0.4) is 0 Å². The SMILES string of the molecule is CCCCCCCC/C=C\C(CCCCCCCCC(=O)NC(CCCN)C(=O)O)OC(=O)CCCCCCCCCCCCC/C=C\CCCCCCCCCC. The van der Waals surface area contributed by atoms with Crippen molar-refractivity contribution in [3.8, 4) is 0 Å². The Hall–Kier alpha value is -2.15. The van der Waals surface area contributed by atoms with E-state index in [9.17, 15) is 19.5 Å². The first-order chi connectivity index (χ1) is 28.4. The number of nitrogens with two attached hydrogens (primary N) is 1. The molecule has 0 rings (SSSR count). The Morgan fingerprint density at radius 3 is 1.34 bits per heavy atom. The fourth-order valence-electron chi connectivity index (χ4n) is 7.65. The van der Waals surface area contributed by atoms with Crippen LogP contribution in [0.25, 0.3) is 0 Å². The zero-order valence-corrected chi connectivity index (χ0v) is 38.4. The molecule has 0 radical (unpaired) electrons. The number of unbranched alkanes of at least 4 members (excludes halogenated alkanes) is 30. The average Bonchev–Trinajstić information content (AvgIpc) is 3.21. The largest absolute Gasteiger partial charge is 0.480 e. The molecule has 0 fully saturated rings. The standard InChI is InChI=1S/C51H96N2O5/c1-3-5-7-9-11-13-14-15-16-17-18-19-20-21-22-23-24-25-26-27-29-35-39-45-50(55)58-47(41-36-32-28-12-10-8-6-4-2)42-37-33-30-31-34-38-44-49(54)53-48(51(56)57)43-40-46-52/h17-18,36,41,47-48H,3-16,19-35,37-40,42-46,52H2,1-2H3,(H,53,54)(H,56,57)/b18-17-,41-36-. The molecule has 0 bridgehead atoms. The van der Waals surface area contributed by atoms with Crippen LogP contribution in [0.4, 0.5) is 0 Å². The number of hydrogen-bond acceptors (Lipinski definition) is 5. The van der Waals surface area contributed by atoms with Crippen molar-refractivity contribution in [2.24, 2.45) is 5.73 Å². The van der Waals surface area contributed by atoms with Gasteiger partial charge in [-0.05, 0) is 89.7 Å². The number of esters is 1. The normalized spacial score (nSPS) is 12.7. The number of nitrogens with one attached hydrogen (secondary N) is 1. The molecular formula is C51H96N2O5. The number of hydrogen-bond donors (Lipinski definition) is 3. The summed E-state index contributed by atoms with van der Waals surface area (Å²) in [5.41, 5.74) is 5.48. The first-order valence-corrected chi connectivity index (χ1v) is 25.2. The third-order valence-electron chi connectivity index (χ3n) is 11.5. The van der Waals surface area contributed by atoms with Gasteiger partial charge < -0.3 is 20.9 Å². The van der Waals surface area contributed by atoms with Crippen molar-refractivity contribution in [2.45, 2.75) is 276 Å². The van der Waals surface area contributed by atoms with E-state index in [1.54, 1.807) is 0 Å². The second-order valence-electron chi connectivity index (χ2n) is 17.2. The summed E-state index contributed by atoms with van der Waals surface area (Å²) in [6, 6.07) is -0.852. The molecule has 0 aliphatic rings. The van der Waals surface area contributed by atoms with Crippen LogP contribution in [0.15, 0.2) is 24.3 Å². The molecule has 0 saturated carbocycles. The van der Waals surface area contributed by atoms with Crippen LogP contribution < -0.4 is 11.1 Å². The first-order valence-electron chi connectivity index (χ1n) is 25.2. The lowest BCUT2D eigenvalue weighted by atomic mass is 10.0. The van der Waals surface area contributed by atoms with Crippen molar-refractivity contribution >= 4 is 17.8 Å². The Balaban J connectivity index is 4.06. The topological polar surface area (TPSA) is 119 Å². The summed E-state index contributed by atoms with van der Waals surface area (Å²) in [7, 11) is 0. The highest BCUT2D eigenvalue weighted by molar-refractivity contribution is 5.83. The van der Waals surface area contributed by atoms with E-state index in [-0.39, 0.29) is 18.0 Å². The molecule has 0 aliphatic carbocycles. The number of aliphatic carboxylic acids is 1. The van der Waals surface area contributed by atoms with Gasteiger partial charge in [0.1, 0.15) is 12.1 Å². The van der Waals surface area contributed by atoms with Crippen LogP contribution in [0, 0.1) is 0 Å². The number of rotatable bonds is 46. The smallest absolute Gasteiger partial charge is 0.326 e. The number of carboxylic acid groups (broad SMARTS) is 1. The van der Waals surface area contributed by atoms with Gasteiger partial charge in [-0.1, -0.05) is 193 Å². The molecule has 0 aliphatic heterocycles. The van der Waals surface area contributed by atoms with Crippen LogP contribution in [-0.4, -0.2) is 41.6 Å². The minimum atomic E-state index is -1.00. The van der Waals surface area contributed by atoms with Crippen molar-refractivity contribution in [2.75, 3.05) is 6.54 Å². The highest BCUT2D eigenvalue weighted by atomic mass is 16.5. The molecule has 58 heavy (non-hydrogen) atoms. The zero-order valence-electron chi connectivity index (χ0n) is 38.4. The maximum Gasteiger partial charge on any atom is 0.326 e. The van der Waals surface area contributed by atoms with Gasteiger partial charge in [-0.15, -0.1) is 0 Å². The molecule has 0 spiro atoms. The third kappa shape index (κ3) is 42.0. The molecule has 2 unspecified atom stereocenters. The Kier molecular flexibility index (Phi) is 44.2. The molecule has 0 heterocycles. The highest BCUT2D eigenvalue weighted by Crippen LogP contribution is 2.17. The average molecular weight is 817 g/mol. The van der Waals surface area contributed by atoms with E-state index < -0.39 is 12.0 Å². The van der Waals surface area contributed by atoms with E-state index in [1.807, 2.05) is 0 Å². The Morgan fingerprint density at radius 1 is 0.500 bits per heavy atom. The number of amides is 1. The molecule has 0 aromatic carbocycles. The summed E-state index contributed by atoms with van der Waals surface area (Å²) >= 11 is 0. The van der Waals surface area contributed by atoms with Gasteiger partial charge in [-0.3, -0.25) is 9.59 Å². The van der Waals surface area contributed by atoms with Crippen LogP contribution >= 0.6 is 0 Å². The van der Waals surface area contributed by atoms with Crippen molar-refractivity contribution in [3.63, 3.8) is 0 Å². The van der Waals surface area contributed by atoms with Crippen molar-refractivity contribution in [3.05, 3.63) is 24.3 Å². The molecular weight excluding hydrogens is 721 g/mol. The maximum absolute atomic E-state index is 12.8. The van der Waals surface area contributed by atoms with Crippen LogP contribution in [0.1, 0.15) is 264 Å². The number of carbonyl (C=O) groups is 3. The van der Waals surface area contributed by atoms with E-state index >= 15 is 0 Å². The lowest BCUT2D eigenvalue weighted by Gasteiger charge is -2.15. The van der Waals surface area contributed by atoms with Gasteiger partial charge in [-0.2, -0.15) is 0 Å². The Bertz CT molecular complexity index is 967. The minimum Gasteiger partial charge on any atom is -0.480 e. The molecule has 0 aromatic heterocycles. The molecule has 2 atom stereocenters. The Morgan fingerprint density at radius 2 is 0.897 bits per heavy atom. The van der Waals surface area contributed by atoms with Gasteiger partial charge in [0.25, 0.3) is 0 Å². The van der Waals surface area contributed by atoms with Gasteiger partial charge >= 0.3 is 11.9 Å². The lowest BCUT2D eigenvalue weighted by molar-refractivity contribution is -0.147. The minimum absolute atomic E-state index is 0.0559. The fourth-order valence-corrected chi connectivity index (χ4v) is 7.65. The van der Waals surface area contributed by atoms with E-state index in [1.165, 1.54) is 161 Å². The van der Waals surface area contributed by atoms with Gasteiger partial charge in [0.2, 0.25) is 5.91 Å². The second kappa shape index (κ2) is 45.9. The monoisotopic (exact) mass is 817 g/mol. The maximum atomic E-state index is 12.8. The van der Waals surface area contributed by atoms with Crippen molar-refractivity contribution in [1.29, 1.82) is 0 Å². The highest BCUT2D eigenvalue weighted by Gasteiger charge is 2.19. The lowest BCUT2D eigenvalue weighted by Crippen LogP contribution is -2.40. The van der Waals surface area contributed by atoms with Gasteiger partial charge in [0, 0.05) is 12.8 Å². The summed E-state index contributed by atoms with van der Waals surface area (Å²) in [6.07, 6.45) is 54.1. The fraction of sp³-hybridized carbons (Fsp3) is 0.863. The molecule has 4 N–H and O–H groups in total. The van der Waals surface area contributed by atoms with Crippen molar-refractivity contribution < 1.29 is 24.2 Å². The number of carbonyl (C=O) groups excluding carboxylic acids is 2. The van der Waals surface area contributed by atoms with E-state index in [4.69, 9.17) is 10.5 Å². The van der Waals surface area contributed by atoms with Crippen LogP contribution in [0.5, 0.6) is 0 Å². The van der Waals surface area contributed by atoms with E-state index in [2.05, 4.69) is 43.5 Å². The summed E-state index contributed by atoms with van der Waals surface area (Å²) in [5, 5.41) is 11.9. The third-order valence-corrected chi connectivity index (χ3v) is 11.5. The summed E-state index contributed by atoms with van der Waals surface area (Å²) in [6.45, 7) is 4.95. The predicted octanol–water partition coefficient (Wildman–Crippen LogP) is 14.8. The van der Waals surface area contributed by atoms with Gasteiger partial charge in [0.05, 0.1) is 0 Å². The zero-order chi connectivity index (χ0) is 42.4. The summed E-state index contributed by atoms with van der Waals surface area (Å²) < 4.78 is 5.98. The molecule has 340 valence electrons. The van der Waals surface area contributed by atoms with Crippen LogP contribution in [-0.2, 0) is 19.1 Å². The predicted molar refractivity (Wildman–Crippen MR) is 248 cm³/mol. The molecule has 0 aromatic rings. The second-order valence-corrected chi connectivity index (χ2v) is 17.2.